The molecule has 0 radical (unpaired) electrons. The van der Waals surface area contributed by atoms with E-state index in [2.05, 4.69) is 44.9 Å². The van der Waals surface area contributed by atoms with E-state index in [4.69, 9.17) is 4.74 Å². The summed E-state index contributed by atoms with van der Waals surface area (Å²) in [5, 5.41) is 10.3. The molecule has 1 aliphatic heterocycles. The predicted molar refractivity (Wildman–Crippen MR) is 96.1 cm³/mol. The third kappa shape index (κ3) is 3.78. The summed E-state index contributed by atoms with van der Waals surface area (Å²) in [5.74, 6) is 1.42. The van der Waals surface area contributed by atoms with Crippen LogP contribution in [0.1, 0.15) is 30.7 Å². The van der Waals surface area contributed by atoms with Gasteiger partial charge in [0.2, 0.25) is 0 Å². The summed E-state index contributed by atoms with van der Waals surface area (Å²) >= 11 is 0. The van der Waals surface area contributed by atoms with Crippen LogP contribution in [0.4, 0.5) is 0 Å². The van der Waals surface area contributed by atoms with E-state index in [1.54, 1.807) is 0 Å². The molecule has 3 atom stereocenters. The minimum Gasteiger partial charge on any atom is -0.393 e. The standard InChI is InChI=1S/C20H27N3O2/c24-19-8-4-7-17(19)18-15-25-12-11-22(18)14-20-21-9-10-23(20)13-16-5-2-1-3-6-16/h1-3,5-6,9-10,17-19,24H,4,7-8,11-15H2/t17-,18-,19+/m0/s1. The number of rotatable bonds is 5. The maximum Gasteiger partial charge on any atom is 0.123 e. The highest BCUT2D eigenvalue weighted by Crippen LogP contribution is 2.32. The average molecular weight is 341 g/mol. The zero-order valence-corrected chi connectivity index (χ0v) is 14.6. The van der Waals surface area contributed by atoms with E-state index < -0.39 is 0 Å². The van der Waals surface area contributed by atoms with Gasteiger partial charge in [-0.3, -0.25) is 4.90 Å². The van der Waals surface area contributed by atoms with Gasteiger partial charge in [-0.05, 0) is 18.4 Å². The lowest BCUT2D eigenvalue weighted by Crippen LogP contribution is -2.50. The molecule has 2 aliphatic rings. The minimum atomic E-state index is -0.182. The lowest BCUT2D eigenvalue weighted by molar-refractivity contribution is -0.0548. The molecule has 134 valence electrons. The van der Waals surface area contributed by atoms with Gasteiger partial charge in [-0.2, -0.15) is 0 Å². The topological polar surface area (TPSA) is 50.5 Å². The van der Waals surface area contributed by atoms with Crippen molar-refractivity contribution in [2.45, 2.75) is 44.5 Å². The Bertz CT molecular complexity index is 673. The second-order valence-corrected chi connectivity index (χ2v) is 7.23. The van der Waals surface area contributed by atoms with Crippen molar-refractivity contribution in [2.24, 2.45) is 5.92 Å². The van der Waals surface area contributed by atoms with Crippen molar-refractivity contribution in [3.8, 4) is 0 Å². The molecule has 0 unspecified atom stereocenters. The first-order valence-corrected chi connectivity index (χ1v) is 9.35. The smallest absolute Gasteiger partial charge is 0.123 e. The van der Waals surface area contributed by atoms with Crippen LogP contribution in [0.3, 0.4) is 0 Å². The second-order valence-electron chi connectivity index (χ2n) is 7.23. The second kappa shape index (κ2) is 7.68. The van der Waals surface area contributed by atoms with Crippen LogP contribution in [0, 0.1) is 5.92 Å². The molecule has 5 nitrogen and oxygen atoms in total. The van der Waals surface area contributed by atoms with Gasteiger partial charge in [-0.1, -0.05) is 36.8 Å². The van der Waals surface area contributed by atoms with Gasteiger partial charge in [0.25, 0.3) is 0 Å². The summed E-state index contributed by atoms with van der Waals surface area (Å²) in [6, 6.07) is 10.8. The molecule has 2 heterocycles. The Labute approximate surface area is 149 Å². The summed E-state index contributed by atoms with van der Waals surface area (Å²) in [6.45, 7) is 4.06. The molecule has 1 aliphatic carbocycles. The Morgan fingerprint density at radius 2 is 2.04 bits per heavy atom. The molecule has 0 bridgehead atoms. The number of aliphatic hydroxyl groups excluding tert-OH is 1. The summed E-state index contributed by atoms with van der Waals surface area (Å²) in [4.78, 5) is 7.07. The number of nitrogens with zero attached hydrogens (tertiary/aromatic N) is 3. The van der Waals surface area contributed by atoms with Crippen molar-refractivity contribution < 1.29 is 9.84 Å². The van der Waals surface area contributed by atoms with Crippen LogP contribution < -0.4 is 0 Å². The number of hydrogen-bond acceptors (Lipinski definition) is 4. The van der Waals surface area contributed by atoms with Crippen LogP contribution in [-0.4, -0.2) is 51.5 Å². The van der Waals surface area contributed by atoms with E-state index >= 15 is 0 Å². The molecule has 2 fully saturated rings. The third-order valence-electron chi connectivity index (χ3n) is 5.65. The summed E-state index contributed by atoms with van der Waals surface area (Å²) in [5.41, 5.74) is 1.28. The maximum absolute atomic E-state index is 10.3. The first-order valence-electron chi connectivity index (χ1n) is 9.35. The number of imidazole rings is 1. The van der Waals surface area contributed by atoms with E-state index in [1.165, 1.54) is 5.56 Å². The van der Waals surface area contributed by atoms with Crippen molar-refractivity contribution >= 4 is 0 Å². The Kier molecular flexibility index (Phi) is 5.15. The lowest BCUT2D eigenvalue weighted by Gasteiger charge is -2.39. The van der Waals surface area contributed by atoms with Crippen molar-refractivity contribution in [1.82, 2.24) is 14.5 Å². The quantitative estimate of drug-likeness (QED) is 0.907. The van der Waals surface area contributed by atoms with E-state index in [0.717, 1.165) is 57.9 Å². The highest BCUT2D eigenvalue weighted by Gasteiger charge is 2.37. The summed E-state index contributed by atoms with van der Waals surface area (Å²) in [7, 11) is 0. The monoisotopic (exact) mass is 341 g/mol. The Balaban J connectivity index is 1.48. The normalized spacial score (nSPS) is 27.6. The van der Waals surface area contributed by atoms with E-state index in [0.29, 0.717) is 12.0 Å². The number of ether oxygens (including phenoxy) is 1. The molecule has 1 N–H and O–H groups in total. The number of aliphatic hydroxyl groups is 1. The Hall–Kier alpha value is -1.69. The molecule has 4 rings (SSSR count). The van der Waals surface area contributed by atoms with Crippen molar-refractivity contribution in [2.75, 3.05) is 19.8 Å². The molecule has 0 amide bonds. The molecule has 5 heteroatoms. The largest absolute Gasteiger partial charge is 0.393 e. The number of hydrogen-bond donors (Lipinski definition) is 1. The number of aromatic nitrogens is 2. The van der Waals surface area contributed by atoms with Crippen LogP contribution in [0.2, 0.25) is 0 Å². The van der Waals surface area contributed by atoms with Crippen LogP contribution in [0.25, 0.3) is 0 Å². The van der Waals surface area contributed by atoms with Gasteiger partial charge in [-0.25, -0.2) is 4.98 Å². The fourth-order valence-corrected chi connectivity index (χ4v) is 4.26. The first kappa shape index (κ1) is 16.8. The lowest BCUT2D eigenvalue weighted by atomic mass is 9.94. The van der Waals surface area contributed by atoms with Gasteiger partial charge >= 0.3 is 0 Å². The number of morpholine rings is 1. The fraction of sp³-hybridized carbons (Fsp3) is 0.550. The zero-order chi connectivity index (χ0) is 17.1. The Morgan fingerprint density at radius 1 is 1.16 bits per heavy atom. The predicted octanol–water partition coefficient (Wildman–Crippen LogP) is 2.29. The Morgan fingerprint density at radius 3 is 2.84 bits per heavy atom. The van der Waals surface area contributed by atoms with Gasteiger partial charge < -0.3 is 14.4 Å². The molecule has 0 spiro atoms. The summed E-state index contributed by atoms with van der Waals surface area (Å²) in [6.07, 6.45) is 6.92. The molecule has 2 aromatic rings. The molecular weight excluding hydrogens is 314 g/mol. The maximum atomic E-state index is 10.3. The third-order valence-corrected chi connectivity index (χ3v) is 5.65. The molecule has 1 saturated heterocycles. The molecule has 1 saturated carbocycles. The van der Waals surface area contributed by atoms with Crippen LogP contribution >= 0.6 is 0 Å². The molecule has 1 aromatic heterocycles. The minimum absolute atomic E-state index is 0.182. The average Bonchev–Trinajstić information content (AvgIpc) is 3.26. The van der Waals surface area contributed by atoms with Crippen LogP contribution in [-0.2, 0) is 17.8 Å². The van der Waals surface area contributed by atoms with Crippen LogP contribution in [0.15, 0.2) is 42.7 Å². The summed E-state index contributed by atoms with van der Waals surface area (Å²) < 4.78 is 7.97. The van der Waals surface area contributed by atoms with E-state index in [1.807, 2.05) is 12.3 Å². The van der Waals surface area contributed by atoms with E-state index in [9.17, 15) is 5.11 Å². The van der Waals surface area contributed by atoms with Gasteiger partial charge in [0.15, 0.2) is 0 Å². The van der Waals surface area contributed by atoms with Gasteiger partial charge in [0.1, 0.15) is 5.82 Å². The van der Waals surface area contributed by atoms with Gasteiger partial charge in [0, 0.05) is 37.4 Å². The first-order chi connectivity index (χ1) is 12.3. The fourth-order valence-electron chi connectivity index (χ4n) is 4.26. The number of benzene rings is 1. The zero-order valence-electron chi connectivity index (χ0n) is 14.6. The highest BCUT2D eigenvalue weighted by atomic mass is 16.5. The van der Waals surface area contributed by atoms with Gasteiger partial charge in [-0.15, -0.1) is 0 Å². The van der Waals surface area contributed by atoms with E-state index in [-0.39, 0.29) is 6.10 Å². The van der Waals surface area contributed by atoms with Crippen molar-refractivity contribution in [1.29, 1.82) is 0 Å². The van der Waals surface area contributed by atoms with Crippen molar-refractivity contribution in [3.63, 3.8) is 0 Å². The SMILES string of the molecule is O[C@@H]1CCC[C@H]1[C@@H]1COCCN1Cc1nccn1Cc1ccccc1. The van der Waals surface area contributed by atoms with Crippen molar-refractivity contribution in [3.05, 3.63) is 54.1 Å². The van der Waals surface area contributed by atoms with Crippen LogP contribution in [0.5, 0.6) is 0 Å². The molecule has 25 heavy (non-hydrogen) atoms. The molecular formula is C20H27N3O2. The molecule has 1 aromatic carbocycles. The van der Waals surface area contributed by atoms with Gasteiger partial charge in [0.05, 0.1) is 25.9 Å². The highest BCUT2D eigenvalue weighted by molar-refractivity contribution is 5.15.